The van der Waals surface area contributed by atoms with Crippen LogP contribution in [0.2, 0.25) is 0 Å². The summed E-state index contributed by atoms with van der Waals surface area (Å²) in [7, 11) is 1.61. The molecule has 1 amide bonds. The molecule has 1 heterocycles. The fourth-order valence-electron chi connectivity index (χ4n) is 4.10. The van der Waals surface area contributed by atoms with E-state index in [1.807, 2.05) is 48.5 Å². The second-order valence-electron chi connectivity index (χ2n) is 9.02. The average molecular weight is 487 g/mol. The zero-order chi connectivity index (χ0) is 25.2. The summed E-state index contributed by atoms with van der Waals surface area (Å²) in [6, 6.07) is 24.2. The Morgan fingerprint density at radius 2 is 1.64 bits per heavy atom. The number of hydrogen-bond acceptors (Lipinski definition) is 6. The van der Waals surface area contributed by atoms with Crippen molar-refractivity contribution >= 4 is 12.1 Å². The van der Waals surface area contributed by atoms with Crippen LogP contribution in [0.1, 0.15) is 22.3 Å². The van der Waals surface area contributed by atoms with Crippen LogP contribution in [-0.4, -0.2) is 61.8 Å². The molecule has 0 unspecified atom stereocenters. The lowest BCUT2D eigenvalue weighted by Gasteiger charge is -2.34. The van der Waals surface area contributed by atoms with Gasteiger partial charge in [-0.2, -0.15) is 5.10 Å². The van der Waals surface area contributed by atoms with Crippen molar-refractivity contribution in [3.63, 3.8) is 0 Å². The van der Waals surface area contributed by atoms with Crippen molar-refractivity contribution < 1.29 is 14.3 Å². The standard InChI is InChI=1S/C29H34N4O3/c1-23-8-10-24(11-9-23)20-32-14-16-33(17-15-32)21-29(34)31-30-19-26-12-13-27(35-2)28(18-26)36-22-25-6-4-3-5-7-25/h3-13,18-19H,14-17,20-22H2,1-2H3,(H,31,34). The summed E-state index contributed by atoms with van der Waals surface area (Å²) in [4.78, 5) is 17.0. The summed E-state index contributed by atoms with van der Waals surface area (Å²) in [5.74, 6) is 1.15. The van der Waals surface area contributed by atoms with Gasteiger partial charge in [0.1, 0.15) is 6.61 Å². The van der Waals surface area contributed by atoms with Crippen LogP contribution in [0.25, 0.3) is 0 Å². The zero-order valence-electron chi connectivity index (χ0n) is 21.0. The Bertz CT molecular complexity index is 1140. The van der Waals surface area contributed by atoms with Crippen molar-refractivity contribution in [3.05, 3.63) is 95.1 Å². The maximum absolute atomic E-state index is 12.4. The first-order chi connectivity index (χ1) is 17.6. The molecule has 1 saturated heterocycles. The van der Waals surface area contributed by atoms with Crippen LogP contribution in [0.15, 0.2) is 77.9 Å². The topological polar surface area (TPSA) is 66.4 Å². The third kappa shape index (κ3) is 7.66. The van der Waals surface area contributed by atoms with E-state index in [1.165, 1.54) is 11.1 Å². The summed E-state index contributed by atoms with van der Waals surface area (Å²) in [6.07, 6.45) is 1.62. The zero-order valence-corrected chi connectivity index (χ0v) is 21.0. The molecule has 0 saturated carbocycles. The number of carbonyl (C=O) groups is 1. The summed E-state index contributed by atoms with van der Waals surface area (Å²) in [6.45, 7) is 7.45. The number of piperazine rings is 1. The summed E-state index contributed by atoms with van der Waals surface area (Å²) >= 11 is 0. The Morgan fingerprint density at radius 3 is 2.36 bits per heavy atom. The molecule has 0 aromatic heterocycles. The minimum absolute atomic E-state index is 0.118. The smallest absolute Gasteiger partial charge is 0.254 e. The summed E-state index contributed by atoms with van der Waals surface area (Å²) in [5, 5.41) is 4.14. The molecule has 0 aliphatic carbocycles. The molecule has 0 atom stereocenters. The van der Waals surface area contributed by atoms with Crippen LogP contribution in [0, 0.1) is 6.92 Å². The van der Waals surface area contributed by atoms with Crippen molar-refractivity contribution in [2.24, 2.45) is 5.10 Å². The van der Waals surface area contributed by atoms with Gasteiger partial charge in [-0.1, -0.05) is 60.2 Å². The summed E-state index contributed by atoms with van der Waals surface area (Å²) < 4.78 is 11.4. The van der Waals surface area contributed by atoms with E-state index < -0.39 is 0 Å². The second-order valence-corrected chi connectivity index (χ2v) is 9.02. The first-order valence-electron chi connectivity index (χ1n) is 12.3. The van der Waals surface area contributed by atoms with Crippen molar-refractivity contribution in [1.29, 1.82) is 0 Å². The van der Waals surface area contributed by atoms with E-state index in [1.54, 1.807) is 13.3 Å². The first kappa shape index (κ1) is 25.4. The van der Waals surface area contributed by atoms with Crippen molar-refractivity contribution in [3.8, 4) is 11.5 Å². The van der Waals surface area contributed by atoms with Crippen LogP contribution in [0.5, 0.6) is 11.5 Å². The Labute approximate surface area is 213 Å². The molecule has 1 aliphatic rings. The molecule has 1 fully saturated rings. The Hall–Kier alpha value is -3.68. The van der Waals surface area contributed by atoms with Crippen LogP contribution >= 0.6 is 0 Å². The molecular weight excluding hydrogens is 452 g/mol. The van der Waals surface area contributed by atoms with Crippen LogP contribution in [0.4, 0.5) is 0 Å². The van der Waals surface area contributed by atoms with E-state index in [2.05, 4.69) is 51.5 Å². The number of amides is 1. The molecule has 7 nitrogen and oxygen atoms in total. The predicted octanol–water partition coefficient (Wildman–Crippen LogP) is 3.85. The fraction of sp³-hybridized carbons (Fsp3) is 0.310. The number of hydrogen-bond donors (Lipinski definition) is 1. The normalized spacial score (nSPS) is 14.6. The number of aryl methyl sites for hydroxylation is 1. The van der Waals surface area contributed by atoms with Crippen molar-refractivity contribution in [1.82, 2.24) is 15.2 Å². The summed E-state index contributed by atoms with van der Waals surface area (Å²) in [5.41, 5.74) is 7.13. The number of benzene rings is 3. The van der Waals surface area contributed by atoms with Gasteiger partial charge in [0.25, 0.3) is 5.91 Å². The number of nitrogens with zero attached hydrogens (tertiary/aromatic N) is 3. The van der Waals surface area contributed by atoms with Gasteiger partial charge in [-0.3, -0.25) is 14.6 Å². The van der Waals surface area contributed by atoms with E-state index in [4.69, 9.17) is 9.47 Å². The highest BCUT2D eigenvalue weighted by molar-refractivity contribution is 5.83. The van der Waals surface area contributed by atoms with Crippen LogP contribution < -0.4 is 14.9 Å². The van der Waals surface area contributed by atoms with E-state index in [9.17, 15) is 4.79 Å². The molecule has 0 spiro atoms. The molecule has 3 aromatic rings. The van der Waals surface area contributed by atoms with Gasteiger partial charge >= 0.3 is 0 Å². The fourth-order valence-corrected chi connectivity index (χ4v) is 4.10. The Morgan fingerprint density at radius 1 is 0.917 bits per heavy atom. The minimum Gasteiger partial charge on any atom is -0.493 e. The quantitative estimate of drug-likeness (QED) is 0.348. The molecular formula is C29H34N4O3. The van der Waals surface area contributed by atoms with Crippen LogP contribution in [0.3, 0.4) is 0 Å². The largest absolute Gasteiger partial charge is 0.493 e. The van der Waals surface area contributed by atoms with E-state index >= 15 is 0 Å². The number of rotatable bonds is 10. The molecule has 1 aliphatic heterocycles. The number of hydrazone groups is 1. The maximum atomic E-state index is 12.4. The average Bonchev–Trinajstić information content (AvgIpc) is 2.90. The van der Waals surface area contributed by atoms with Gasteiger partial charge in [-0.05, 0) is 41.8 Å². The van der Waals surface area contributed by atoms with Crippen molar-refractivity contribution in [2.75, 3.05) is 39.8 Å². The first-order valence-corrected chi connectivity index (χ1v) is 12.3. The predicted molar refractivity (Wildman–Crippen MR) is 142 cm³/mol. The van der Waals surface area contributed by atoms with E-state index in [0.717, 1.165) is 43.9 Å². The van der Waals surface area contributed by atoms with Crippen LogP contribution in [-0.2, 0) is 17.9 Å². The molecule has 36 heavy (non-hydrogen) atoms. The Balaban J connectivity index is 1.22. The lowest BCUT2D eigenvalue weighted by molar-refractivity contribution is -0.122. The van der Waals surface area contributed by atoms with Gasteiger partial charge in [0, 0.05) is 32.7 Å². The van der Waals surface area contributed by atoms with Gasteiger partial charge in [0.15, 0.2) is 11.5 Å². The van der Waals surface area contributed by atoms with Gasteiger partial charge < -0.3 is 9.47 Å². The highest BCUT2D eigenvalue weighted by Crippen LogP contribution is 2.28. The molecule has 188 valence electrons. The lowest BCUT2D eigenvalue weighted by Crippen LogP contribution is -2.48. The maximum Gasteiger partial charge on any atom is 0.254 e. The molecule has 4 rings (SSSR count). The number of nitrogens with one attached hydrogen (secondary N) is 1. The van der Waals surface area contributed by atoms with E-state index in [-0.39, 0.29) is 5.91 Å². The molecule has 3 aromatic carbocycles. The molecule has 1 N–H and O–H groups in total. The van der Waals surface area contributed by atoms with Crippen molar-refractivity contribution in [2.45, 2.75) is 20.1 Å². The second kappa shape index (κ2) is 12.9. The third-order valence-corrected chi connectivity index (χ3v) is 6.19. The third-order valence-electron chi connectivity index (χ3n) is 6.19. The monoisotopic (exact) mass is 486 g/mol. The Kier molecular flexibility index (Phi) is 9.08. The number of methoxy groups -OCH3 is 1. The lowest BCUT2D eigenvalue weighted by atomic mass is 10.1. The number of ether oxygens (including phenoxy) is 2. The molecule has 0 bridgehead atoms. The SMILES string of the molecule is COc1ccc(C=NNC(=O)CN2CCN(Cc3ccc(C)cc3)CC2)cc1OCc1ccccc1. The van der Waals surface area contributed by atoms with Gasteiger partial charge in [-0.25, -0.2) is 5.43 Å². The number of carbonyl (C=O) groups excluding carboxylic acids is 1. The minimum atomic E-state index is -0.118. The highest BCUT2D eigenvalue weighted by Gasteiger charge is 2.19. The van der Waals surface area contributed by atoms with Gasteiger partial charge in [-0.15, -0.1) is 0 Å². The molecule has 0 radical (unpaired) electrons. The van der Waals surface area contributed by atoms with Gasteiger partial charge in [0.05, 0.1) is 19.9 Å². The highest BCUT2D eigenvalue weighted by atomic mass is 16.5. The molecule has 7 heteroatoms. The van der Waals surface area contributed by atoms with Gasteiger partial charge in [0.2, 0.25) is 0 Å². The van der Waals surface area contributed by atoms with E-state index in [0.29, 0.717) is 24.7 Å².